The molecule has 0 saturated heterocycles. The molecule has 0 fully saturated rings. The number of hydrogen-bond donors (Lipinski definition) is 0. The first-order chi connectivity index (χ1) is 8.68. The monoisotopic (exact) mass is 259 g/mol. The molecule has 0 saturated carbocycles. The lowest BCUT2D eigenvalue weighted by Gasteiger charge is -2.16. The SMILES string of the molecule is Cc1cccc(-n2ccc3c2CCCC3=O)c1Cl. The molecule has 1 heterocycles. The van der Waals surface area contributed by atoms with Crippen LogP contribution in [0.2, 0.25) is 5.02 Å². The first-order valence-corrected chi connectivity index (χ1v) is 6.55. The third-order valence-electron chi connectivity index (χ3n) is 3.54. The summed E-state index contributed by atoms with van der Waals surface area (Å²) >= 11 is 6.36. The van der Waals surface area contributed by atoms with Crippen molar-refractivity contribution in [1.29, 1.82) is 0 Å². The lowest BCUT2D eigenvalue weighted by molar-refractivity contribution is 0.0972. The van der Waals surface area contributed by atoms with Gasteiger partial charge >= 0.3 is 0 Å². The molecule has 0 amide bonds. The Kier molecular flexibility index (Phi) is 2.75. The summed E-state index contributed by atoms with van der Waals surface area (Å²) in [5.74, 6) is 0.249. The molecule has 2 aromatic rings. The van der Waals surface area contributed by atoms with Gasteiger partial charge in [-0.05, 0) is 37.5 Å². The van der Waals surface area contributed by atoms with Crippen LogP contribution in [-0.4, -0.2) is 10.4 Å². The number of Topliss-reactive ketones (excluding diaryl/α,β-unsaturated/α-hetero) is 1. The summed E-state index contributed by atoms with van der Waals surface area (Å²) in [5.41, 5.74) is 3.98. The maximum atomic E-state index is 11.8. The summed E-state index contributed by atoms with van der Waals surface area (Å²) in [4.78, 5) is 11.8. The smallest absolute Gasteiger partial charge is 0.164 e. The number of carbonyl (C=O) groups excluding carboxylic acids is 1. The third kappa shape index (κ3) is 1.68. The van der Waals surface area contributed by atoms with E-state index < -0.39 is 0 Å². The zero-order valence-corrected chi connectivity index (χ0v) is 11.0. The van der Waals surface area contributed by atoms with Crippen molar-refractivity contribution < 1.29 is 4.79 Å². The predicted molar refractivity (Wildman–Crippen MR) is 72.8 cm³/mol. The second kappa shape index (κ2) is 4.29. The minimum atomic E-state index is 0.249. The molecule has 0 aliphatic heterocycles. The molecule has 0 radical (unpaired) electrons. The molecule has 0 N–H and O–H groups in total. The Labute approximate surface area is 111 Å². The normalized spacial score (nSPS) is 14.7. The van der Waals surface area contributed by atoms with Crippen LogP contribution in [0.15, 0.2) is 30.5 Å². The zero-order chi connectivity index (χ0) is 12.7. The van der Waals surface area contributed by atoms with Crippen molar-refractivity contribution in [2.45, 2.75) is 26.2 Å². The molecule has 1 aromatic heterocycles. The highest BCUT2D eigenvalue weighted by Gasteiger charge is 2.21. The van der Waals surface area contributed by atoms with Gasteiger partial charge in [-0.1, -0.05) is 23.7 Å². The lowest BCUT2D eigenvalue weighted by Crippen LogP contribution is -2.12. The van der Waals surface area contributed by atoms with E-state index in [0.717, 1.165) is 40.4 Å². The minimum absolute atomic E-state index is 0.249. The third-order valence-corrected chi connectivity index (χ3v) is 4.03. The average molecular weight is 260 g/mol. The van der Waals surface area contributed by atoms with Crippen LogP contribution >= 0.6 is 11.6 Å². The summed E-state index contributed by atoms with van der Waals surface area (Å²) in [6.07, 6.45) is 4.49. The van der Waals surface area contributed by atoms with E-state index in [9.17, 15) is 4.79 Å². The molecule has 2 nitrogen and oxygen atoms in total. The summed E-state index contributed by atoms with van der Waals surface area (Å²) in [6, 6.07) is 7.89. The standard InChI is InChI=1S/C15H14ClNO/c1-10-4-2-6-13(15(10)16)17-9-8-11-12(17)5-3-7-14(11)18/h2,4,6,8-9H,3,5,7H2,1H3. The summed E-state index contributed by atoms with van der Waals surface area (Å²) in [7, 11) is 0. The van der Waals surface area contributed by atoms with Crippen LogP contribution in [0.1, 0.15) is 34.5 Å². The number of fused-ring (bicyclic) bond motifs is 1. The molecular weight excluding hydrogens is 246 g/mol. The molecule has 1 aromatic carbocycles. The maximum Gasteiger partial charge on any atom is 0.164 e. The average Bonchev–Trinajstić information content (AvgIpc) is 2.78. The van der Waals surface area contributed by atoms with Crippen molar-refractivity contribution in [3.05, 3.63) is 52.3 Å². The number of halogens is 1. The van der Waals surface area contributed by atoms with Crippen LogP contribution in [0.5, 0.6) is 0 Å². The summed E-state index contributed by atoms with van der Waals surface area (Å²) < 4.78 is 2.06. The number of aryl methyl sites for hydroxylation is 1. The zero-order valence-electron chi connectivity index (χ0n) is 10.2. The van der Waals surface area contributed by atoms with Crippen LogP contribution in [0.25, 0.3) is 5.69 Å². The number of rotatable bonds is 1. The highest BCUT2D eigenvalue weighted by molar-refractivity contribution is 6.33. The quantitative estimate of drug-likeness (QED) is 0.760. The number of carbonyl (C=O) groups is 1. The largest absolute Gasteiger partial charge is 0.319 e. The first kappa shape index (κ1) is 11.5. The van der Waals surface area contributed by atoms with Gasteiger partial charge < -0.3 is 4.57 Å². The number of hydrogen-bond acceptors (Lipinski definition) is 1. The Hall–Kier alpha value is -1.54. The fourth-order valence-electron chi connectivity index (χ4n) is 2.57. The Balaban J connectivity index is 2.19. The maximum absolute atomic E-state index is 11.8. The summed E-state index contributed by atoms with van der Waals surface area (Å²) in [5, 5.41) is 0.758. The molecule has 0 atom stereocenters. The van der Waals surface area contributed by atoms with Crippen molar-refractivity contribution in [2.24, 2.45) is 0 Å². The molecular formula is C15H14ClNO. The Morgan fingerprint density at radius 3 is 2.89 bits per heavy atom. The molecule has 92 valence electrons. The minimum Gasteiger partial charge on any atom is -0.319 e. The van der Waals surface area contributed by atoms with Gasteiger partial charge in [-0.3, -0.25) is 4.79 Å². The van der Waals surface area contributed by atoms with Crippen LogP contribution < -0.4 is 0 Å². The fourth-order valence-corrected chi connectivity index (χ4v) is 2.79. The fraction of sp³-hybridized carbons (Fsp3) is 0.267. The van der Waals surface area contributed by atoms with Crippen molar-refractivity contribution in [1.82, 2.24) is 4.57 Å². The Morgan fingerprint density at radius 1 is 1.22 bits per heavy atom. The van der Waals surface area contributed by atoms with Gasteiger partial charge in [0.25, 0.3) is 0 Å². The molecule has 0 bridgehead atoms. The molecule has 3 heteroatoms. The van der Waals surface area contributed by atoms with Crippen molar-refractivity contribution in [3.63, 3.8) is 0 Å². The lowest BCUT2D eigenvalue weighted by atomic mass is 9.96. The first-order valence-electron chi connectivity index (χ1n) is 6.17. The van der Waals surface area contributed by atoms with Gasteiger partial charge in [0.05, 0.1) is 10.7 Å². The van der Waals surface area contributed by atoms with E-state index in [4.69, 9.17) is 11.6 Å². The van der Waals surface area contributed by atoms with E-state index >= 15 is 0 Å². The second-order valence-electron chi connectivity index (χ2n) is 4.73. The number of nitrogens with zero attached hydrogens (tertiary/aromatic N) is 1. The molecule has 1 aliphatic rings. The summed E-state index contributed by atoms with van der Waals surface area (Å²) in [6.45, 7) is 1.99. The van der Waals surface area contributed by atoms with E-state index in [1.165, 1.54) is 0 Å². The van der Waals surface area contributed by atoms with Crippen molar-refractivity contribution in [3.8, 4) is 5.69 Å². The number of ketones is 1. The predicted octanol–water partition coefficient (Wildman–Crippen LogP) is 3.96. The second-order valence-corrected chi connectivity index (χ2v) is 5.11. The van der Waals surface area contributed by atoms with Gasteiger partial charge in [-0.25, -0.2) is 0 Å². The van der Waals surface area contributed by atoms with E-state index in [0.29, 0.717) is 6.42 Å². The van der Waals surface area contributed by atoms with Gasteiger partial charge in [-0.2, -0.15) is 0 Å². The Bertz CT molecular complexity index is 627. The van der Waals surface area contributed by atoms with Crippen LogP contribution in [-0.2, 0) is 6.42 Å². The van der Waals surface area contributed by atoms with E-state index in [1.807, 2.05) is 37.4 Å². The van der Waals surface area contributed by atoms with Crippen LogP contribution in [0.4, 0.5) is 0 Å². The number of benzene rings is 1. The van der Waals surface area contributed by atoms with Crippen molar-refractivity contribution in [2.75, 3.05) is 0 Å². The number of aromatic nitrogens is 1. The molecule has 3 rings (SSSR count). The molecule has 1 aliphatic carbocycles. The topological polar surface area (TPSA) is 22.0 Å². The molecule has 0 unspecified atom stereocenters. The Morgan fingerprint density at radius 2 is 2.06 bits per heavy atom. The van der Waals surface area contributed by atoms with E-state index in [1.54, 1.807) is 0 Å². The van der Waals surface area contributed by atoms with E-state index in [2.05, 4.69) is 4.57 Å². The van der Waals surface area contributed by atoms with Gasteiger partial charge in [-0.15, -0.1) is 0 Å². The van der Waals surface area contributed by atoms with Gasteiger partial charge in [0.2, 0.25) is 0 Å². The van der Waals surface area contributed by atoms with Crippen LogP contribution in [0, 0.1) is 6.92 Å². The van der Waals surface area contributed by atoms with Crippen molar-refractivity contribution >= 4 is 17.4 Å². The molecule has 0 spiro atoms. The van der Waals surface area contributed by atoms with Gasteiger partial charge in [0, 0.05) is 23.9 Å². The highest BCUT2D eigenvalue weighted by Crippen LogP contribution is 2.30. The van der Waals surface area contributed by atoms with Crippen LogP contribution in [0.3, 0.4) is 0 Å². The molecule has 18 heavy (non-hydrogen) atoms. The van der Waals surface area contributed by atoms with E-state index in [-0.39, 0.29) is 5.78 Å². The van der Waals surface area contributed by atoms with Gasteiger partial charge in [0.1, 0.15) is 0 Å². The van der Waals surface area contributed by atoms with Gasteiger partial charge in [0.15, 0.2) is 5.78 Å². The highest BCUT2D eigenvalue weighted by atomic mass is 35.5.